The van der Waals surface area contributed by atoms with Crippen LogP contribution >= 0.6 is 0 Å². The van der Waals surface area contributed by atoms with E-state index in [9.17, 15) is 19.5 Å². The number of carboxylic acid groups (broad SMARTS) is 1. The van der Waals surface area contributed by atoms with Gasteiger partial charge in [-0.2, -0.15) is 0 Å². The highest BCUT2D eigenvalue weighted by atomic mass is 16.5. The van der Waals surface area contributed by atoms with Gasteiger partial charge in [0.25, 0.3) is 0 Å². The molecule has 4 rings (SSSR count). The fourth-order valence-electron chi connectivity index (χ4n) is 6.95. The maximum atomic E-state index is 14.4. The Labute approximate surface area is 256 Å². The Kier molecular flexibility index (Phi) is 9.31. The van der Waals surface area contributed by atoms with Crippen LogP contribution < -0.4 is 10.1 Å². The largest absolute Gasteiger partial charge is 0.496 e. The number of carboxylic acids is 1. The molecule has 2 heterocycles. The molecule has 0 radical (unpaired) electrons. The average molecular weight is 592 g/mol. The summed E-state index contributed by atoms with van der Waals surface area (Å²) in [6.45, 7) is 17.2. The first-order valence-electron chi connectivity index (χ1n) is 15.4. The number of benzene rings is 2. The predicted molar refractivity (Wildman–Crippen MR) is 168 cm³/mol. The van der Waals surface area contributed by atoms with Crippen LogP contribution in [-0.2, 0) is 26.3 Å². The lowest BCUT2D eigenvalue weighted by atomic mass is 9.72. The third kappa shape index (κ3) is 6.59. The Morgan fingerprint density at radius 1 is 1.05 bits per heavy atom. The molecule has 2 aliphatic rings. The molecule has 2 aromatic rings. The number of nitrogens with one attached hydrogen (secondary N) is 1. The molecule has 2 aliphatic heterocycles. The van der Waals surface area contributed by atoms with Crippen LogP contribution in [0.5, 0.6) is 5.75 Å². The van der Waals surface area contributed by atoms with Crippen molar-refractivity contribution in [3.05, 3.63) is 65.2 Å². The summed E-state index contributed by atoms with van der Waals surface area (Å²) in [5, 5.41) is 14.5. The summed E-state index contributed by atoms with van der Waals surface area (Å²) in [6, 6.07) is 13.9. The normalized spacial score (nSPS) is 24.6. The van der Waals surface area contributed by atoms with E-state index >= 15 is 0 Å². The van der Waals surface area contributed by atoms with E-state index in [1.54, 1.807) is 16.9 Å². The van der Waals surface area contributed by atoms with Crippen LogP contribution in [0.4, 0.5) is 0 Å². The van der Waals surface area contributed by atoms with Crippen molar-refractivity contribution in [2.75, 3.05) is 13.7 Å². The lowest BCUT2D eigenvalue weighted by molar-refractivity contribution is -0.153. The minimum Gasteiger partial charge on any atom is -0.496 e. The molecule has 2 N–H and O–H groups in total. The van der Waals surface area contributed by atoms with Gasteiger partial charge in [0.05, 0.1) is 19.1 Å². The molecule has 8 heteroatoms. The first-order chi connectivity index (χ1) is 20.1. The van der Waals surface area contributed by atoms with Gasteiger partial charge in [-0.15, -0.1) is 0 Å². The number of likely N-dealkylation sites (tertiary alicyclic amines) is 2. The van der Waals surface area contributed by atoms with Crippen molar-refractivity contribution < 1.29 is 24.2 Å². The van der Waals surface area contributed by atoms with Gasteiger partial charge < -0.3 is 25.0 Å². The minimum atomic E-state index is -1.07. The molecule has 0 aliphatic carbocycles. The Balaban J connectivity index is 1.81. The van der Waals surface area contributed by atoms with Crippen molar-refractivity contribution in [3.8, 4) is 5.75 Å². The number of aliphatic carboxylic acids is 1. The van der Waals surface area contributed by atoms with E-state index in [4.69, 9.17) is 4.74 Å². The standard InChI is InChI=1S/C35H49N3O5/c1-21(2)37-20-24(18-27(37)39)32(40)38-30(22-13-11-10-12-14-22)29(28(35(6,7)8)31(38)33(41)42)36-19-23-17-25(34(3,4)5)15-16-26(23)43-9/h10-17,21,24,28-31,36H,18-20H2,1-9H3,(H,41,42)/t24?,28-,29-,30-,31-/m0/s1. The van der Waals surface area contributed by atoms with Gasteiger partial charge in [-0.05, 0) is 41.9 Å². The maximum Gasteiger partial charge on any atom is 0.326 e. The van der Waals surface area contributed by atoms with E-state index in [-0.39, 0.29) is 35.7 Å². The molecule has 0 saturated carbocycles. The lowest BCUT2D eigenvalue weighted by Gasteiger charge is -2.35. The van der Waals surface area contributed by atoms with Crippen molar-refractivity contribution >= 4 is 17.8 Å². The molecule has 1 unspecified atom stereocenters. The summed E-state index contributed by atoms with van der Waals surface area (Å²) in [4.78, 5) is 43.7. The van der Waals surface area contributed by atoms with Crippen LogP contribution in [0, 0.1) is 17.3 Å². The number of hydrogen-bond donors (Lipinski definition) is 2. The van der Waals surface area contributed by atoms with E-state index in [1.165, 1.54) is 5.56 Å². The summed E-state index contributed by atoms with van der Waals surface area (Å²) in [6.07, 6.45) is 0.0937. The van der Waals surface area contributed by atoms with Crippen LogP contribution in [0.2, 0.25) is 0 Å². The molecule has 2 fully saturated rings. The van der Waals surface area contributed by atoms with E-state index in [0.717, 1.165) is 16.9 Å². The van der Waals surface area contributed by atoms with Gasteiger partial charge in [-0.3, -0.25) is 9.59 Å². The fourth-order valence-corrected chi connectivity index (χ4v) is 6.95. The molecule has 43 heavy (non-hydrogen) atoms. The van der Waals surface area contributed by atoms with Crippen LogP contribution in [0.3, 0.4) is 0 Å². The van der Waals surface area contributed by atoms with Gasteiger partial charge in [0.1, 0.15) is 11.8 Å². The molecular weight excluding hydrogens is 542 g/mol. The van der Waals surface area contributed by atoms with Crippen LogP contribution in [0.1, 0.15) is 84.5 Å². The third-order valence-electron chi connectivity index (χ3n) is 9.12. The molecule has 234 valence electrons. The summed E-state index contributed by atoms with van der Waals surface area (Å²) in [5.41, 5.74) is 2.49. The molecule has 2 aromatic carbocycles. The molecule has 0 spiro atoms. The zero-order chi connectivity index (χ0) is 31.9. The van der Waals surface area contributed by atoms with Crippen LogP contribution in [0.15, 0.2) is 48.5 Å². The maximum absolute atomic E-state index is 14.4. The van der Waals surface area contributed by atoms with Crippen molar-refractivity contribution in [1.29, 1.82) is 0 Å². The van der Waals surface area contributed by atoms with E-state index in [0.29, 0.717) is 13.1 Å². The first-order valence-corrected chi connectivity index (χ1v) is 15.4. The van der Waals surface area contributed by atoms with Crippen molar-refractivity contribution in [3.63, 3.8) is 0 Å². The first kappa shape index (κ1) is 32.5. The van der Waals surface area contributed by atoms with Crippen molar-refractivity contribution in [2.45, 2.75) is 97.9 Å². The number of amides is 2. The highest BCUT2D eigenvalue weighted by Crippen LogP contribution is 2.49. The zero-order valence-electron chi connectivity index (χ0n) is 27.2. The van der Waals surface area contributed by atoms with Gasteiger partial charge in [0, 0.05) is 43.1 Å². The second-order valence-electron chi connectivity index (χ2n) is 14.5. The number of nitrogens with zero attached hydrogens (tertiary/aromatic N) is 2. The highest BCUT2D eigenvalue weighted by molar-refractivity contribution is 5.92. The molecular formula is C35H49N3O5. The van der Waals surface area contributed by atoms with Crippen LogP contribution in [0.25, 0.3) is 0 Å². The summed E-state index contributed by atoms with van der Waals surface area (Å²) in [7, 11) is 1.65. The number of ether oxygens (including phenoxy) is 1. The van der Waals surface area contributed by atoms with E-state index in [1.807, 2.05) is 71.0 Å². The molecule has 8 nitrogen and oxygen atoms in total. The number of methoxy groups -OCH3 is 1. The molecule has 2 amide bonds. The van der Waals surface area contributed by atoms with Crippen LogP contribution in [-0.4, -0.2) is 64.5 Å². The van der Waals surface area contributed by atoms with Crippen molar-refractivity contribution in [1.82, 2.24) is 15.1 Å². The second kappa shape index (κ2) is 12.3. The SMILES string of the molecule is COc1ccc(C(C)(C)C)cc1CN[C@H]1[C@H](C(C)(C)C)[C@@H](C(=O)O)N(C(=O)C2CC(=O)N(C(C)C)C2)[C@H]1c1ccccc1. The number of carbonyl (C=O) groups is 3. The highest BCUT2D eigenvalue weighted by Gasteiger charge is 2.59. The Bertz CT molecular complexity index is 1330. The fraction of sp³-hybridized carbons (Fsp3) is 0.571. The Hall–Kier alpha value is -3.39. The minimum absolute atomic E-state index is 0.0281. The summed E-state index contributed by atoms with van der Waals surface area (Å²) >= 11 is 0. The second-order valence-corrected chi connectivity index (χ2v) is 14.5. The topological polar surface area (TPSA) is 99.2 Å². The monoisotopic (exact) mass is 591 g/mol. The van der Waals surface area contributed by atoms with E-state index in [2.05, 4.69) is 38.2 Å². The smallest absolute Gasteiger partial charge is 0.326 e. The zero-order valence-corrected chi connectivity index (χ0v) is 27.2. The number of hydrogen-bond acceptors (Lipinski definition) is 5. The van der Waals surface area contributed by atoms with E-state index < -0.39 is 35.3 Å². The summed E-state index contributed by atoms with van der Waals surface area (Å²) < 4.78 is 5.72. The van der Waals surface area contributed by atoms with Gasteiger partial charge in [0.15, 0.2) is 0 Å². The number of rotatable bonds is 8. The Morgan fingerprint density at radius 3 is 2.21 bits per heavy atom. The van der Waals surface area contributed by atoms with Gasteiger partial charge in [-0.25, -0.2) is 4.79 Å². The molecule has 0 bridgehead atoms. The predicted octanol–water partition coefficient (Wildman–Crippen LogP) is 5.41. The average Bonchev–Trinajstić information content (AvgIpc) is 3.50. The molecule has 5 atom stereocenters. The molecule has 2 saturated heterocycles. The third-order valence-corrected chi connectivity index (χ3v) is 9.12. The van der Waals surface area contributed by atoms with Gasteiger partial charge in [-0.1, -0.05) is 84.0 Å². The lowest BCUT2D eigenvalue weighted by Crippen LogP contribution is -2.49. The van der Waals surface area contributed by atoms with Gasteiger partial charge >= 0.3 is 5.97 Å². The summed E-state index contributed by atoms with van der Waals surface area (Å²) in [5.74, 6) is -1.63. The number of carbonyl (C=O) groups excluding carboxylic acids is 2. The van der Waals surface area contributed by atoms with Crippen molar-refractivity contribution in [2.24, 2.45) is 17.3 Å². The van der Waals surface area contributed by atoms with Gasteiger partial charge in [0.2, 0.25) is 11.8 Å². The molecule has 0 aromatic heterocycles. The quantitative estimate of drug-likeness (QED) is 0.426. The Morgan fingerprint density at radius 2 is 1.70 bits per heavy atom.